The van der Waals surface area contributed by atoms with E-state index in [1.54, 1.807) is 0 Å². The van der Waals surface area contributed by atoms with E-state index in [-0.39, 0.29) is 11.8 Å². The number of hydrogen-bond acceptors (Lipinski definition) is 2. The van der Waals surface area contributed by atoms with Crippen LogP contribution in [0.25, 0.3) is 0 Å². The van der Waals surface area contributed by atoms with Crippen LogP contribution in [0.3, 0.4) is 0 Å². The molecule has 1 aromatic carbocycles. The third-order valence-electron chi connectivity index (χ3n) is 2.88. The second-order valence-electron chi connectivity index (χ2n) is 3.75. The predicted molar refractivity (Wildman–Crippen MR) is 54.4 cm³/mol. The molecule has 0 fully saturated rings. The molecule has 2 nitrogen and oxygen atoms in total. The number of esters is 1. The van der Waals surface area contributed by atoms with Gasteiger partial charge in [0.15, 0.2) is 0 Å². The SMILES string of the molecule is COC(=O)c1ccc(F)c2c1CCCC2. The van der Waals surface area contributed by atoms with Gasteiger partial charge in [-0.25, -0.2) is 9.18 Å². The molecule has 1 aliphatic rings. The second kappa shape index (κ2) is 4.01. The van der Waals surface area contributed by atoms with Gasteiger partial charge in [0, 0.05) is 0 Å². The minimum absolute atomic E-state index is 0.197. The number of fused-ring (bicyclic) bond motifs is 1. The van der Waals surface area contributed by atoms with Crippen molar-refractivity contribution in [1.82, 2.24) is 0 Å². The quantitative estimate of drug-likeness (QED) is 0.663. The van der Waals surface area contributed by atoms with E-state index in [1.807, 2.05) is 0 Å². The lowest BCUT2D eigenvalue weighted by atomic mass is 9.88. The highest BCUT2D eigenvalue weighted by Gasteiger charge is 2.20. The van der Waals surface area contributed by atoms with Crippen molar-refractivity contribution < 1.29 is 13.9 Å². The average Bonchev–Trinajstić information content (AvgIpc) is 2.29. The fraction of sp³-hybridized carbons (Fsp3) is 0.417. The molecule has 0 radical (unpaired) electrons. The van der Waals surface area contributed by atoms with Crippen LogP contribution in [0, 0.1) is 5.82 Å². The Kier molecular flexibility index (Phi) is 2.71. The molecule has 0 aliphatic heterocycles. The molecule has 0 N–H and O–H groups in total. The third-order valence-corrected chi connectivity index (χ3v) is 2.88. The lowest BCUT2D eigenvalue weighted by molar-refractivity contribution is 0.0599. The van der Waals surface area contributed by atoms with Crippen molar-refractivity contribution in [1.29, 1.82) is 0 Å². The Morgan fingerprint density at radius 1 is 1.27 bits per heavy atom. The second-order valence-corrected chi connectivity index (χ2v) is 3.75. The number of methoxy groups -OCH3 is 1. The Labute approximate surface area is 88.1 Å². The zero-order valence-electron chi connectivity index (χ0n) is 8.68. The average molecular weight is 208 g/mol. The third kappa shape index (κ3) is 1.74. The van der Waals surface area contributed by atoms with Crippen molar-refractivity contribution in [2.45, 2.75) is 25.7 Å². The van der Waals surface area contributed by atoms with Gasteiger partial charge in [0.2, 0.25) is 0 Å². The van der Waals surface area contributed by atoms with Gasteiger partial charge in [-0.05, 0) is 48.9 Å². The van der Waals surface area contributed by atoms with Crippen molar-refractivity contribution in [3.63, 3.8) is 0 Å². The molecule has 1 aromatic rings. The van der Waals surface area contributed by atoms with Crippen molar-refractivity contribution in [2.24, 2.45) is 0 Å². The number of ether oxygens (including phenoxy) is 1. The van der Waals surface area contributed by atoms with Crippen molar-refractivity contribution in [2.75, 3.05) is 7.11 Å². The van der Waals surface area contributed by atoms with Crippen LogP contribution in [0.1, 0.15) is 34.3 Å². The van der Waals surface area contributed by atoms with Crippen molar-refractivity contribution >= 4 is 5.97 Å². The first-order valence-corrected chi connectivity index (χ1v) is 5.12. The number of hydrogen-bond donors (Lipinski definition) is 0. The normalized spacial score (nSPS) is 14.5. The smallest absolute Gasteiger partial charge is 0.338 e. The summed E-state index contributed by atoms with van der Waals surface area (Å²) in [6.07, 6.45) is 3.51. The molecule has 2 rings (SSSR count). The van der Waals surface area contributed by atoms with Crippen molar-refractivity contribution in [3.05, 3.63) is 34.6 Å². The molecule has 0 unspecified atom stereocenters. The van der Waals surface area contributed by atoms with E-state index in [2.05, 4.69) is 4.74 Å². The topological polar surface area (TPSA) is 26.3 Å². The molecule has 3 heteroatoms. The molecule has 80 valence electrons. The van der Waals surface area contributed by atoms with Gasteiger partial charge in [-0.2, -0.15) is 0 Å². The maximum absolute atomic E-state index is 13.5. The summed E-state index contributed by atoms with van der Waals surface area (Å²) in [5, 5.41) is 0. The van der Waals surface area contributed by atoms with E-state index < -0.39 is 0 Å². The number of benzene rings is 1. The minimum Gasteiger partial charge on any atom is -0.465 e. The predicted octanol–water partition coefficient (Wildman–Crippen LogP) is 2.49. The van der Waals surface area contributed by atoms with E-state index >= 15 is 0 Å². The molecular weight excluding hydrogens is 195 g/mol. The molecule has 0 spiro atoms. The largest absolute Gasteiger partial charge is 0.465 e. The summed E-state index contributed by atoms with van der Waals surface area (Å²) < 4.78 is 18.1. The van der Waals surface area contributed by atoms with Crippen molar-refractivity contribution in [3.8, 4) is 0 Å². The van der Waals surface area contributed by atoms with E-state index in [9.17, 15) is 9.18 Å². The molecule has 0 heterocycles. The summed E-state index contributed by atoms with van der Waals surface area (Å²) in [6.45, 7) is 0. The van der Waals surface area contributed by atoms with E-state index in [4.69, 9.17) is 0 Å². The molecule has 0 saturated heterocycles. The molecule has 15 heavy (non-hydrogen) atoms. The molecule has 0 aromatic heterocycles. The highest BCUT2D eigenvalue weighted by molar-refractivity contribution is 5.91. The lowest BCUT2D eigenvalue weighted by Crippen LogP contribution is -2.13. The highest BCUT2D eigenvalue weighted by Crippen LogP contribution is 2.27. The standard InChI is InChI=1S/C12H13FO2/c1-15-12(14)10-6-7-11(13)9-5-3-2-4-8(9)10/h6-7H,2-5H2,1H3. The van der Waals surface area contributed by atoms with Gasteiger partial charge in [-0.1, -0.05) is 0 Å². The van der Waals surface area contributed by atoms with Gasteiger partial charge < -0.3 is 4.74 Å². The van der Waals surface area contributed by atoms with Crippen LogP contribution in [0.2, 0.25) is 0 Å². The summed E-state index contributed by atoms with van der Waals surface area (Å²) in [4.78, 5) is 11.5. The summed E-state index contributed by atoms with van der Waals surface area (Å²) in [5.41, 5.74) is 2.06. The zero-order valence-corrected chi connectivity index (χ0v) is 8.68. The Hall–Kier alpha value is -1.38. The van der Waals surface area contributed by atoms with Crippen LogP contribution in [-0.2, 0) is 17.6 Å². The summed E-state index contributed by atoms with van der Waals surface area (Å²) in [6, 6.07) is 2.88. The molecule has 0 atom stereocenters. The summed E-state index contributed by atoms with van der Waals surface area (Å²) >= 11 is 0. The maximum Gasteiger partial charge on any atom is 0.338 e. The van der Waals surface area contributed by atoms with Gasteiger partial charge in [0.05, 0.1) is 12.7 Å². The molecule has 0 amide bonds. The van der Waals surface area contributed by atoms with Gasteiger partial charge in [0.25, 0.3) is 0 Å². The molecular formula is C12H13FO2. The number of halogens is 1. The number of rotatable bonds is 1. The Balaban J connectivity index is 2.52. The first kappa shape index (κ1) is 10.1. The minimum atomic E-state index is -0.367. The lowest BCUT2D eigenvalue weighted by Gasteiger charge is -2.18. The maximum atomic E-state index is 13.5. The van der Waals surface area contributed by atoms with Crippen LogP contribution in [-0.4, -0.2) is 13.1 Å². The Bertz CT molecular complexity index is 399. The number of carbonyl (C=O) groups is 1. The van der Waals surface area contributed by atoms with Gasteiger partial charge in [0.1, 0.15) is 5.82 Å². The fourth-order valence-corrected chi connectivity index (χ4v) is 2.12. The van der Waals surface area contributed by atoms with Gasteiger partial charge in [-0.3, -0.25) is 0 Å². The van der Waals surface area contributed by atoms with Crippen LogP contribution in [0.4, 0.5) is 4.39 Å². The van der Waals surface area contributed by atoms with E-state index in [0.29, 0.717) is 11.1 Å². The van der Waals surface area contributed by atoms with E-state index in [0.717, 1.165) is 31.2 Å². The van der Waals surface area contributed by atoms with E-state index in [1.165, 1.54) is 19.2 Å². The Morgan fingerprint density at radius 3 is 2.60 bits per heavy atom. The van der Waals surface area contributed by atoms with Crippen LogP contribution < -0.4 is 0 Å². The van der Waals surface area contributed by atoms with Crippen LogP contribution >= 0.6 is 0 Å². The zero-order chi connectivity index (χ0) is 10.8. The van der Waals surface area contributed by atoms with Crippen LogP contribution in [0.15, 0.2) is 12.1 Å². The molecule has 0 bridgehead atoms. The van der Waals surface area contributed by atoms with Gasteiger partial charge >= 0.3 is 5.97 Å². The van der Waals surface area contributed by atoms with Crippen LogP contribution in [0.5, 0.6) is 0 Å². The summed E-state index contributed by atoms with van der Waals surface area (Å²) in [5.74, 6) is -0.564. The summed E-state index contributed by atoms with van der Waals surface area (Å²) in [7, 11) is 1.35. The highest BCUT2D eigenvalue weighted by atomic mass is 19.1. The molecule has 1 aliphatic carbocycles. The van der Waals surface area contributed by atoms with Gasteiger partial charge in [-0.15, -0.1) is 0 Å². The first-order valence-electron chi connectivity index (χ1n) is 5.12. The Morgan fingerprint density at radius 2 is 1.93 bits per heavy atom. The fourth-order valence-electron chi connectivity index (χ4n) is 2.12. The number of carbonyl (C=O) groups excluding carboxylic acids is 1. The monoisotopic (exact) mass is 208 g/mol. The molecule has 0 saturated carbocycles. The first-order chi connectivity index (χ1) is 7.24.